The third kappa shape index (κ3) is 7.50. The molecule has 2 atom stereocenters. The minimum Gasteiger partial charge on any atom is -0.356 e. The van der Waals surface area contributed by atoms with Crippen molar-refractivity contribution in [1.82, 2.24) is 4.57 Å². The van der Waals surface area contributed by atoms with Crippen LogP contribution in [0, 0.1) is 24.2 Å². The number of hydrogen-bond donors (Lipinski definition) is 0. The summed E-state index contributed by atoms with van der Waals surface area (Å²) in [6.07, 6.45) is 15.9. The average Bonchev–Trinajstić information content (AvgIpc) is 2.95. The fraction of sp³-hybridized carbons (Fsp3) is 0.810. The number of rotatable bonds is 13. The highest BCUT2D eigenvalue weighted by Gasteiger charge is 2.25. The lowest BCUT2D eigenvalue weighted by atomic mass is 9.99. The Bertz CT molecular complexity index is 461. The van der Waals surface area contributed by atoms with E-state index < -0.39 is 0 Å². The Morgan fingerprint density at radius 2 is 1.68 bits per heavy atom. The van der Waals surface area contributed by atoms with E-state index in [0.29, 0.717) is 17.8 Å². The summed E-state index contributed by atoms with van der Waals surface area (Å²) in [6.45, 7) is 12.0. The first-order valence-corrected chi connectivity index (χ1v) is 10.2. The topological polar surface area (TPSA) is 35.1 Å². The van der Waals surface area contributed by atoms with E-state index in [9.17, 15) is 4.79 Å². The van der Waals surface area contributed by atoms with Gasteiger partial charge in [-0.3, -0.25) is 4.79 Å². The van der Waals surface area contributed by atoms with Crippen LogP contribution in [0.4, 0.5) is 0 Å². The van der Waals surface area contributed by atoms with E-state index in [4.69, 9.17) is 4.74 Å². The van der Waals surface area contributed by atoms with Crippen LogP contribution < -0.4 is 9.30 Å². The SMILES string of the molecule is CCCCC(CC)Cn1c#c[n+](CC(CC)CCCC)c1OC(C)=O. The summed E-state index contributed by atoms with van der Waals surface area (Å²) in [7, 11) is 0. The molecular weight excluding hydrogens is 312 g/mol. The molecule has 0 spiro atoms. The van der Waals surface area contributed by atoms with Crippen molar-refractivity contribution >= 4 is 5.97 Å². The summed E-state index contributed by atoms with van der Waals surface area (Å²) in [4.78, 5) is 11.6. The fourth-order valence-electron chi connectivity index (χ4n) is 3.20. The summed E-state index contributed by atoms with van der Waals surface area (Å²) in [6, 6.07) is 0.595. The maximum absolute atomic E-state index is 11.6. The summed E-state index contributed by atoms with van der Waals surface area (Å²) in [5, 5.41) is 0. The number of esters is 1. The highest BCUT2D eigenvalue weighted by atomic mass is 16.5. The van der Waals surface area contributed by atoms with Gasteiger partial charge < -0.3 is 4.74 Å². The second-order valence-corrected chi connectivity index (χ2v) is 7.15. The maximum Gasteiger partial charge on any atom is 0.481 e. The fourth-order valence-corrected chi connectivity index (χ4v) is 3.20. The number of aromatic nitrogens is 2. The highest BCUT2D eigenvalue weighted by molar-refractivity contribution is 5.67. The molecule has 0 bridgehead atoms. The summed E-state index contributed by atoms with van der Waals surface area (Å²) in [5.74, 6) is 0.891. The van der Waals surface area contributed by atoms with Crippen LogP contribution in [0.5, 0.6) is 6.01 Å². The Morgan fingerprint density at radius 3 is 2.20 bits per heavy atom. The van der Waals surface area contributed by atoms with Gasteiger partial charge in [0.05, 0.1) is 0 Å². The molecule has 0 radical (unpaired) electrons. The Kier molecular flexibility index (Phi) is 10.3. The minimum atomic E-state index is -0.279. The molecule has 4 nitrogen and oxygen atoms in total. The number of hydrogen-bond acceptors (Lipinski definition) is 2. The van der Waals surface area contributed by atoms with Crippen molar-refractivity contribution in [3.63, 3.8) is 0 Å². The van der Waals surface area contributed by atoms with E-state index in [1.165, 1.54) is 45.4 Å². The van der Waals surface area contributed by atoms with Gasteiger partial charge in [-0.05, 0) is 37.5 Å². The minimum absolute atomic E-state index is 0.279. The zero-order valence-corrected chi connectivity index (χ0v) is 16.9. The van der Waals surface area contributed by atoms with Gasteiger partial charge in [-0.25, -0.2) is 0 Å². The van der Waals surface area contributed by atoms with Crippen LogP contribution in [0.2, 0.25) is 0 Å². The largest absolute Gasteiger partial charge is 0.481 e. The first-order valence-electron chi connectivity index (χ1n) is 10.2. The monoisotopic (exact) mass is 349 g/mol. The second kappa shape index (κ2) is 12.0. The Balaban J connectivity index is 2.90. The number of ether oxygens (including phenoxy) is 1. The molecule has 0 aliphatic rings. The molecule has 1 aromatic rings. The van der Waals surface area contributed by atoms with Gasteiger partial charge in [0.1, 0.15) is 13.1 Å². The van der Waals surface area contributed by atoms with E-state index in [2.05, 4.69) is 40.1 Å². The van der Waals surface area contributed by atoms with Gasteiger partial charge in [0.25, 0.3) is 0 Å². The average molecular weight is 350 g/mol. The lowest BCUT2D eigenvalue weighted by Gasteiger charge is -2.13. The van der Waals surface area contributed by atoms with Crippen LogP contribution in [0.15, 0.2) is 0 Å². The molecule has 0 saturated carbocycles. The van der Waals surface area contributed by atoms with Crippen molar-refractivity contribution in [1.29, 1.82) is 0 Å². The number of nitrogens with zero attached hydrogens (tertiary/aromatic N) is 2. The van der Waals surface area contributed by atoms with Crippen LogP contribution in [0.25, 0.3) is 0 Å². The Hall–Kier alpha value is -1.50. The number of unbranched alkanes of at least 4 members (excludes halogenated alkanes) is 2. The van der Waals surface area contributed by atoms with E-state index in [-0.39, 0.29) is 5.97 Å². The first kappa shape index (κ1) is 21.5. The summed E-state index contributed by atoms with van der Waals surface area (Å²) in [5.41, 5.74) is 0. The molecule has 25 heavy (non-hydrogen) atoms. The standard InChI is InChI=1S/C21H37N2O2/c1-6-10-12-19(8-3)16-22-14-15-23(21(22)25-18(5)24)17-20(9-4)13-11-7-2/h19-20H,6-13,16-17H2,1-5H3/q+1. The molecule has 2 unspecified atom stereocenters. The maximum atomic E-state index is 11.6. The molecule has 0 N–H and O–H groups in total. The predicted octanol–water partition coefficient (Wildman–Crippen LogP) is 4.73. The zero-order valence-electron chi connectivity index (χ0n) is 16.9. The molecule has 0 saturated heterocycles. The Morgan fingerprint density at radius 1 is 1.08 bits per heavy atom. The molecule has 4 heteroatoms. The third-order valence-corrected chi connectivity index (χ3v) is 4.98. The molecule has 0 aliphatic heterocycles. The lowest BCUT2D eigenvalue weighted by molar-refractivity contribution is -0.708. The zero-order chi connectivity index (χ0) is 18.7. The van der Waals surface area contributed by atoms with Crippen LogP contribution in [-0.4, -0.2) is 10.5 Å². The van der Waals surface area contributed by atoms with Crippen molar-refractivity contribution in [2.45, 2.75) is 99.1 Å². The molecule has 0 amide bonds. The third-order valence-electron chi connectivity index (χ3n) is 4.98. The highest BCUT2D eigenvalue weighted by Crippen LogP contribution is 2.18. The molecule has 0 aliphatic carbocycles. The quantitative estimate of drug-likeness (QED) is 0.381. The molecule has 1 rings (SSSR count). The smallest absolute Gasteiger partial charge is 0.356 e. The predicted molar refractivity (Wildman–Crippen MR) is 100 cm³/mol. The van der Waals surface area contributed by atoms with Gasteiger partial charge in [-0.15, -0.1) is 9.13 Å². The molecule has 0 aromatic carbocycles. The van der Waals surface area contributed by atoms with Crippen molar-refractivity contribution in [3.05, 3.63) is 12.4 Å². The summed E-state index contributed by atoms with van der Waals surface area (Å²) >= 11 is 0. The molecule has 0 fully saturated rings. The normalized spacial score (nSPS) is 13.3. The van der Waals surface area contributed by atoms with Crippen molar-refractivity contribution in [2.75, 3.05) is 0 Å². The molecular formula is C21H37N2O2+. The molecule has 1 aromatic heterocycles. The van der Waals surface area contributed by atoms with Crippen LogP contribution in [0.1, 0.15) is 86.0 Å². The van der Waals surface area contributed by atoms with Gasteiger partial charge in [0, 0.05) is 6.92 Å². The van der Waals surface area contributed by atoms with Crippen molar-refractivity contribution in [3.8, 4) is 6.01 Å². The Labute approximate surface area is 154 Å². The van der Waals surface area contributed by atoms with Gasteiger partial charge in [0.15, 0.2) is 12.4 Å². The second-order valence-electron chi connectivity index (χ2n) is 7.15. The number of carbonyl (C=O) groups is 1. The van der Waals surface area contributed by atoms with Gasteiger partial charge >= 0.3 is 12.0 Å². The van der Waals surface area contributed by atoms with E-state index in [1.54, 1.807) is 0 Å². The molecule has 142 valence electrons. The van der Waals surface area contributed by atoms with Crippen LogP contribution >= 0.6 is 0 Å². The van der Waals surface area contributed by atoms with E-state index in [1.807, 2.05) is 9.13 Å². The first-order chi connectivity index (χ1) is 12.0. The van der Waals surface area contributed by atoms with Crippen molar-refractivity contribution in [2.24, 2.45) is 11.8 Å². The van der Waals surface area contributed by atoms with Gasteiger partial charge in [-0.1, -0.05) is 53.4 Å². The van der Waals surface area contributed by atoms with E-state index in [0.717, 1.165) is 25.9 Å². The van der Waals surface area contributed by atoms with Crippen LogP contribution in [0.3, 0.4) is 0 Å². The van der Waals surface area contributed by atoms with E-state index >= 15 is 0 Å². The lowest BCUT2D eigenvalue weighted by Crippen LogP contribution is -2.39. The molecule has 1 heterocycles. The van der Waals surface area contributed by atoms with Gasteiger partial charge in [-0.2, -0.15) is 0 Å². The van der Waals surface area contributed by atoms with Crippen LogP contribution in [-0.2, 0) is 17.9 Å². The van der Waals surface area contributed by atoms with Gasteiger partial charge in [0.2, 0.25) is 0 Å². The summed E-state index contributed by atoms with van der Waals surface area (Å²) < 4.78 is 9.45. The van der Waals surface area contributed by atoms with Crippen molar-refractivity contribution < 1.29 is 14.1 Å². The number of carbonyl (C=O) groups excluding carboxylic acids is 1.